The van der Waals surface area contributed by atoms with E-state index in [2.05, 4.69) is 4.98 Å². The molecule has 1 aromatic heterocycles. The second-order valence-corrected chi connectivity index (χ2v) is 2.50. The van der Waals surface area contributed by atoms with E-state index in [9.17, 15) is 0 Å². The number of aliphatic hydroxyl groups is 1. The van der Waals surface area contributed by atoms with Gasteiger partial charge in [0.1, 0.15) is 5.75 Å². The molecule has 3 heteroatoms. The molecule has 0 fully saturated rings. The van der Waals surface area contributed by atoms with Gasteiger partial charge in [-0.3, -0.25) is 4.98 Å². The van der Waals surface area contributed by atoms with Crippen LogP contribution in [-0.4, -0.2) is 17.2 Å². The van der Waals surface area contributed by atoms with Gasteiger partial charge >= 0.3 is 0 Å². The number of methoxy groups -OCH3 is 1. The number of aliphatic hydroxyl groups excluding tert-OH is 1. The van der Waals surface area contributed by atoms with Crippen LogP contribution < -0.4 is 4.74 Å². The molecule has 12 heavy (non-hydrogen) atoms. The molecule has 0 radical (unpaired) electrons. The predicted octanol–water partition coefficient (Wildman–Crippen LogP) is 1.14. The van der Waals surface area contributed by atoms with Crippen molar-refractivity contribution in [1.29, 1.82) is 0 Å². The normalized spacial score (nSPS) is 9.92. The third-order valence-electron chi connectivity index (χ3n) is 1.76. The lowest BCUT2D eigenvalue weighted by molar-refractivity contribution is 0.275. The molecule has 0 aliphatic carbocycles. The summed E-state index contributed by atoms with van der Waals surface area (Å²) in [6.45, 7) is 2.00. The minimum atomic E-state index is -0.0413. The number of ether oxygens (including phenoxy) is 1. The number of hydrogen-bond acceptors (Lipinski definition) is 3. The van der Waals surface area contributed by atoms with Crippen molar-refractivity contribution in [2.45, 2.75) is 20.0 Å². The van der Waals surface area contributed by atoms with E-state index < -0.39 is 0 Å². The van der Waals surface area contributed by atoms with Crippen LogP contribution in [0.4, 0.5) is 0 Å². The highest BCUT2D eigenvalue weighted by Gasteiger charge is 2.02. The van der Waals surface area contributed by atoms with Gasteiger partial charge < -0.3 is 9.84 Å². The molecule has 0 spiro atoms. The molecule has 1 heterocycles. The van der Waals surface area contributed by atoms with E-state index in [1.165, 1.54) is 0 Å². The van der Waals surface area contributed by atoms with Crippen LogP contribution in [0.15, 0.2) is 12.3 Å². The van der Waals surface area contributed by atoms with Crippen LogP contribution in [0.1, 0.15) is 18.2 Å². The maximum atomic E-state index is 8.80. The molecule has 1 N–H and O–H groups in total. The molecule has 0 saturated carbocycles. The second kappa shape index (κ2) is 4.07. The summed E-state index contributed by atoms with van der Waals surface area (Å²) in [5, 5.41) is 8.80. The van der Waals surface area contributed by atoms with Crippen molar-refractivity contribution in [3.05, 3.63) is 23.5 Å². The van der Waals surface area contributed by atoms with Crippen LogP contribution in [0.2, 0.25) is 0 Å². The summed E-state index contributed by atoms with van der Waals surface area (Å²) < 4.78 is 5.13. The SMILES string of the molecule is CCc1cnc(CO)cc1OC. The summed E-state index contributed by atoms with van der Waals surface area (Å²) in [6.07, 6.45) is 2.63. The van der Waals surface area contributed by atoms with E-state index in [-0.39, 0.29) is 6.61 Å². The average molecular weight is 167 g/mol. The first-order valence-electron chi connectivity index (χ1n) is 3.94. The Bertz CT molecular complexity index is 261. The fraction of sp³-hybridized carbons (Fsp3) is 0.444. The van der Waals surface area contributed by atoms with Crippen molar-refractivity contribution in [2.75, 3.05) is 7.11 Å². The first kappa shape index (κ1) is 9.00. The van der Waals surface area contributed by atoms with Gasteiger partial charge in [0.25, 0.3) is 0 Å². The van der Waals surface area contributed by atoms with Gasteiger partial charge in [-0.2, -0.15) is 0 Å². The molecule has 1 rings (SSSR count). The summed E-state index contributed by atoms with van der Waals surface area (Å²) in [5.41, 5.74) is 1.71. The number of rotatable bonds is 3. The number of aromatic nitrogens is 1. The highest BCUT2D eigenvalue weighted by atomic mass is 16.5. The van der Waals surface area contributed by atoms with Crippen molar-refractivity contribution in [1.82, 2.24) is 4.98 Å². The Balaban J connectivity index is 3.02. The molecule has 0 atom stereocenters. The number of pyridine rings is 1. The van der Waals surface area contributed by atoms with E-state index in [4.69, 9.17) is 9.84 Å². The van der Waals surface area contributed by atoms with Crippen LogP contribution in [0.3, 0.4) is 0 Å². The monoisotopic (exact) mass is 167 g/mol. The quantitative estimate of drug-likeness (QED) is 0.734. The maximum absolute atomic E-state index is 8.80. The van der Waals surface area contributed by atoms with Gasteiger partial charge in [0.15, 0.2) is 0 Å². The van der Waals surface area contributed by atoms with Gasteiger partial charge in [0, 0.05) is 17.8 Å². The molecule has 3 nitrogen and oxygen atoms in total. The van der Waals surface area contributed by atoms with Crippen molar-refractivity contribution >= 4 is 0 Å². The summed E-state index contributed by atoms with van der Waals surface area (Å²) >= 11 is 0. The smallest absolute Gasteiger partial charge is 0.125 e. The lowest BCUT2D eigenvalue weighted by atomic mass is 10.2. The second-order valence-electron chi connectivity index (χ2n) is 2.50. The lowest BCUT2D eigenvalue weighted by Gasteiger charge is -2.06. The number of aryl methyl sites for hydroxylation is 1. The zero-order chi connectivity index (χ0) is 8.97. The lowest BCUT2D eigenvalue weighted by Crippen LogP contribution is -1.95. The van der Waals surface area contributed by atoms with E-state index in [1.807, 2.05) is 6.92 Å². The summed E-state index contributed by atoms with van der Waals surface area (Å²) in [7, 11) is 1.62. The van der Waals surface area contributed by atoms with Gasteiger partial charge in [-0.05, 0) is 6.42 Å². The van der Waals surface area contributed by atoms with Crippen LogP contribution in [-0.2, 0) is 13.0 Å². The minimum absolute atomic E-state index is 0.0413. The fourth-order valence-electron chi connectivity index (χ4n) is 1.05. The third-order valence-corrected chi connectivity index (χ3v) is 1.76. The van der Waals surface area contributed by atoms with Gasteiger partial charge in [-0.25, -0.2) is 0 Å². The Labute approximate surface area is 72.0 Å². The Morgan fingerprint density at radius 1 is 1.58 bits per heavy atom. The Hall–Kier alpha value is -1.09. The predicted molar refractivity (Wildman–Crippen MR) is 46.1 cm³/mol. The summed E-state index contributed by atoms with van der Waals surface area (Å²) in [6, 6.07) is 1.76. The molecule has 0 aliphatic heterocycles. The highest BCUT2D eigenvalue weighted by Crippen LogP contribution is 2.18. The van der Waals surface area contributed by atoms with Crippen LogP contribution in [0.25, 0.3) is 0 Å². The third kappa shape index (κ3) is 1.74. The fourth-order valence-corrected chi connectivity index (χ4v) is 1.05. The van der Waals surface area contributed by atoms with Crippen molar-refractivity contribution in [3.8, 4) is 5.75 Å². The average Bonchev–Trinajstić information content (AvgIpc) is 2.16. The molecule has 0 unspecified atom stereocenters. The van der Waals surface area contributed by atoms with E-state index >= 15 is 0 Å². The van der Waals surface area contributed by atoms with E-state index in [1.54, 1.807) is 19.4 Å². The van der Waals surface area contributed by atoms with Crippen LogP contribution in [0.5, 0.6) is 5.75 Å². The van der Waals surface area contributed by atoms with Crippen molar-refractivity contribution in [3.63, 3.8) is 0 Å². The summed E-state index contributed by atoms with van der Waals surface area (Å²) in [5.74, 6) is 0.802. The Morgan fingerprint density at radius 3 is 2.83 bits per heavy atom. The molecule has 0 amide bonds. The van der Waals surface area contributed by atoms with Crippen molar-refractivity contribution < 1.29 is 9.84 Å². The van der Waals surface area contributed by atoms with Gasteiger partial charge in [0.05, 0.1) is 19.4 Å². The molecule has 0 saturated heterocycles. The molecule has 0 aliphatic rings. The minimum Gasteiger partial charge on any atom is -0.496 e. The maximum Gasteiger partial charge on any atom is 0.125 e. The molecular weight excluding hydrogens is 154 g/mol. The highest BCUT2D eigenvalue weighted by molar-refractivity contribution is 5.32. The Morgan fingerprint density at radius 2 is 2.33 bits per heavy atom. The van der Waals surface area contributed by atoms with Gasteiger partial charge in [-0.1, -0.05) is 6.92 Å². The Kier molecular flexibility index (Phi) is 3.05. The molecule has 1 aromatic rings. The molecule has 0 aromatic carbocycles. The van der Waals surface area contributed by atoms with Crippen molar-refractivity contribution in [2.24, 2.45) is 0 Å². The number of nitrogens with zero attached hydrogens (tertiary/aromatic N) is 1. The van der Waals surface area contributed by atoms with E-state index in [0.717, 1.165) is 17.7 Å². The van der Waals surface area contributed by atoms with Gasteiger partial charge in [0.2, 0.25) is 0 Å². The zero-order valence-corrected chi connectivity index (χ0v) is 7.37. The summed E-state index contributed by atoms with van der Waals surface area (Å²) in [4.78, 5) is 4.05. The molecule has 66 valence electrons. The first-order valence-corrected chi connectivity index (χ1v) is 3.94. The standard InChI is InChI=1S/C9H13NO2/c1-3-7-5-10-8(6-11)4-9(7)12-2/h4-5,11H,3,6H2,1-2H3. The molecular formula is C9H13NO2. The topological polar surface area (TPSA) is 42.4 Å². The van der Waals surface area contributed by atoms with E-state index in [0.29, 0.717) is 5.69 Å². The zero-order valence-electron chi connectivity index (χ0n) is 7.37. The first-order chi connectivity index (χ1) is 5.81. The van der Waals surface area contributed by atoms with Crippen LogP contribution >= 0.6 is 0 Å². The molecule has 0 bridgehead atoms. The van der Waals surface area contributed by atoms with Crippen LogP contribution in [0, 0.1) is 0 Å². The number of hydrogen-bond donors (Lipinski definition) is 1. The van der Waals surface area contributed by atoms with Gasteiger partial charge in [-0.15, -0.1) is 0 Å². The largest absolute Gasteiger partial charge is 0.496 e.